The number of rotatable bonds is 3. The third kappa shape index (κ3) is 3.74. The highest BCUT2D eigenvalue weighted by atomic mass is 16.5. The molecular weight excluding hydrogens is 280 g/mol. The first-order valence-electron chi connectivity index (χ1n) is 8.11. The zero-order valence-corrected chi connectivity index (χ0v) is 13.2. The Bertz CT molecular complexity index is 509. The highest BCUT2D eigenvalue weighted by Crippen LogP contribution is 2.24. The summed E-state index contributed by atoms with van der Waals surface area (Å²) >= 11 is 0. The van der Waals surface area contributed by atoms with Crippen LogP contribution in [0.4, 0.5) is 5.82 Å². The Morgan fingerprint density at radius 2 is 1.95 bits per heavy atom. The standard InChI is InChI=1S/C16H24N4O2/c1-13-10-15(18-12-17-13)19-4-2-14(3-5-19)11-16(21)20-6-8-22-9-7-20/h10,12,14H,2-9,11H2,1H3. The molecule has 1 aromatic heterocycles. The van der Waals surface area contributed by atoms with Crippen LogP contribution in [-0.4, -0.2) is 60.2 Å². The number of piperidine rings is 1. The second-order valence-electron chi connectivity index (χ2n) is 6.15. The molecule has 120 valence electrons. The summed E-state index contributed by atoms with van der Waals surface area (Å²) in [6, 6.07) is 2.03. The summed E-state index contributed by atoms with van der Waals surface area (Å²) in [5.41, 5.74) is 0.995. The molecule has 0 saturated carbocycles. The van der Waals surface area contributed by atoms with E-state index in [-0.39, 0.29) is 0 Å². The van der Waals surface area contributed by atoms with Gasteiger partial charge in [0.1, 0.15) is 12.1 Å². The predicted molar refractivity (Wildman–Crippen MR) is 83.7 cm³/mol. The SMILES string of the molecule is Cc1cc(N2CCC(CC(=O)N3CCOCC3)CC2)ncn1. The van der Waals surface area contributed by atoms with Gasteiger partial charge in [-0.25, -0.2) is 9.97 Å². The van der Waals surface area contributed by atoms with E-state index in [1.165, 1.54) is 0 Å². The number of hydrogen-bond donors (Lipinski definition) is 0. The van der Waals surface area contributed by atoms with Gasteiger partial charge >= 0.3 is 0 Å². The first-order chi connectivity index (χ1) is 10.7. The average Bonchev–Trinajstić information content (AvgIpc) is 2.56. The first kappa shape index (κ1) is 15.2. The molecule has 0 radical (unpaired) electrons. The Labute approximate surface area is 131 Å². The molecule has 0 N–H and O–H groups in total. The van der Waals surface area contributed by atoms with Gasteiger partial charge in [-0.3, -0.25) is 4.79 Å². The van der Waals surface area contributed by atoms with Crippen LogP contribution in [-0.2, 0) is 9.53 Å². The molecule has 0 aromatic carbocycles. The Morgan fingerprint density at radius 1 is 1.23 bits per heavy atom. The van der Waals surface area contributed by atoms with E-state index in [1.807, 2.05) is 17.9 Å². The molecule has 3 rings (SSSR count). The smallest absolute Gasteiger partial charge is 0.223 e. The molecule has 1 aromatic rings. The number of carbonyl (C=O) groups is 1. The monoisotopic (exact) mass is 304 g/mol. The van der Waals surface area contributed by atoms with E-state index in [2.05, 4.69) is 14.9 Å². The lowest BCUT2D eigenvalue weighted by atomic mass is 9.93. The second kappa shape index (κ2) is 7.05. The summed E-state index contributed by atoms with van der Waals surface area (Å²) in [7, 11) is 0. The molecule has 2 aliphatic heterocycles. The Kier molecular flexibility index (Phi) is 4.87. The van der Waals surface area contributed by atoms with Gasteiger partial charge in [0.2, 0.25) is 5.91 Å². The van der Waals surface area contributed by atoms with E-state index < -0.39 is 0 Å². The number of aryl methyl sites for hydroxylation is 1. The fraction of sp³-hybridized carbons (Fsp3) is 0.688. The molecule has 0 bridgehead atoms. The number of morpholine rings is 1. The normalized spacial score (nSPS) is 20.2. The van der Waals surface area contributed by atoms with Gasteiger partial charge in [0.05, 0.1) is 13.2 Å². The molecular formula is C16H24N4O2. The van der Waals surface area contributed by atoms with Crippen LogP contribution >= 0.6 is 0 Å². The maximum absolute atomic E-state index is 12.3. The van der Waals surface area contributed by atoms with Crippen LogP contribution in [0.15, 0.2) is 12.4 Å². The molecule has 2 aliphatic rings. The predicted octanol–water partition coefficient (Wildman–Crippen LogP) is 1.25. The number of aromatic nitrogens is 2. The third-order valence-electron chi connectivity index (χ3n) is 4.55. The minimum Gasteiger partial charge on any atom is -0.378 e. The van der Waals surface area contributed by atoms with Crippen LogP contribution < -0.4 is 4.90 Å². The number of hydrogen-bond acceptors (Lipinski definition) is 5. The Balaban J connectivity index is 1.48. The summed E-state index contributed by atoms with van der Waals surface area (Å²) in [5.74, 6) is 1.79. The zero-order chi connectivity index (χ0) is 15.4. The van der Waals surface area contributed by atoms with Crippen molar-refractivity contribution in [1.82, 2.24) is 14.9 Å². The molecule has 2 saturated heterocycles. The maximum atomic E-state index is 12.3. The first-order valence-corrected chi connectivity index (χ1v) is 8.11. The maximum Gasteiger partial charge on any atom is 0.223 e. The number of ether oxygens (including phenoxy) is 1. The largest absolute Gasteiger partial charge is 0.378 e. The van der Waals surface area contributed by atoms with Crippen LogP contribution in [0, 0.1) is 12.8 Å². The number of carbonyl (C=O) groups excluding carboxylic acids is 1. The quantitative estimate of drug-likeness (QED) is 0.841. The van der Waals surface area contributed by atoms with Crippen molar-refractivity contribution in [2.45, 2.75) is 26.2 Å². The molecule has 6 nitrogen and oxygen atoms in total. The summed E-state index contributed by atoms with van der Waals surface area (Å²) in [6.45, 7) is 6.78. The van der Waals surface area contributed by atoms with Crippen molar-refractivity contribution >= 4 is 11.7 Å². The van der Waals surface area contributed by atoms with Crippen LogP contribution in [0.25, 0.3) is 0 Å². The second-order valence-corrected chi connectivity index (χ2v) is 6.15. The van der Waals surface area contributed by atoms with E-state index in [4.69, 9.17) is 4.74 Å². The van der Waals surface area contributed by atoms with Gasteiger partial charge in [-0.1, -0.05) is 0 Å². The molecule has 6 heteroatoms. The molecule has 3 heterocycles. The van der Waals surface area contributed by atoms with Crippen LogP contribution in [0.2, 0.25) is 0 Å². The minimum atomic E-state index is 0.291. The molecule has 22 heavy (non-hydrogen) atoms. The molecule has 0 aliphatic carbocycles. The summed E-state index contributed by atoms with van der Waals surface area (Å²) in [5, 5.41) is 0. The van der Waals surface area contributed by atoms with Crippen LogP contribution in [0.1, 0.15) is 25.0 Å². The number of anilines is 1. The van der Waals surface area contributed by atoms with Crippen molar-refractivity contribution < 1.29 is 9.53 Å². The molecule has 0 spiro atoms. The summed E-state index contributed by atoms with van der Waals surface area (Å²) in [4.78, 5) is 25.0. The Morgan fingerprint density at radius 3 is 2.64 bits per heavy atom. The van der Waals surface area contributed by atoms with Crippen LogP contribution in [0.5, 0.6) is 0 Å². The van der Waals surface area contributed by atoms with Gasteiger partial charge in [-0.15, -0.1) is 0 Å². The van der Waals surface area contributed by atoms with Gasteiger partial charge in [0.25, 0.3) is 0 Å². The summed E-state index contributed by atoms with van der Waals surface area (Å²) in [6.07, 6.45) is 4.41. The van der Waals surface area contributed by atoms with Gasteiger partial charge in [-0.2, -0.15) is 0 Å². The van der Waals surface area contributed by atoms with Crippen molar-refractivity contribution in [3.8, 4) is 0 Å². The fourth-order valence-corrected chi connectivity index (χ4v) is 3.17. The van der Waals surface area contributed by atoms with E-state index in [0.29, 0.717) is 31.5 Å². The Hall–Kier alpha value is -1.69. The van der Waals surface area contributed by atoms with E-state index in [1.54, 1.807) is 6.33 Å². The molecule has 0 atom stereocenters. The van der Waals surface area contributed by atoms with Crippen molar-refractivity contribution in [3.05, 3.63) is 18.1 Å². The van der Waals surface area contributed by atoms with Crippen molar-refractivity contribution in [2.75, 3.05) is 44.3 Å². The molecule has 0 unspecified atom stereocenters. The van der Waals surface area contributed by atoms with E-state index >= 15 is 0 Å². The van der Waals surface area contributed by atoms with Crippen molar-refractivity contribution in [1.29, 1.82) is 0 Å². The van der Waals surface area contributed by atoms with Crippen LogP contribution in [0.3, 0.4) is 0 Å². The van der Waals surface area contributed by atoms with Crippen molar-refractivity contribution in [3.63, 3.8) is 0 Å². The van der Waals surface area contributed by atoms with Gasteiger partial charge in [-0.05, 0) is 25.7 Å². The lowest BCUT2D eigenvalue weighted by molar-refractivity contribution is -0.136. The van der Waals surface area contributed by atoms with Crippen molar-refractivity contribution in [2.24, 2.45) is 5.92 Å². The highest BCUT2D eigenvalue weighted by molar-refractivity contribution is 5.76. The minimum absolute atomic E-state index is 0.291. The van der Waals surface area contributed by atoms with E-state index in [0.717, 1.165) is 50.5 Å². The number of amides is 1. The number of nitrogens with zero attached hydrogens (tertiary/aromatic N) is 4. The van der Waals surface area contributed by atoms with E-state index in [9.17, 15) is 4.79 Å². The van der Waals surface area contributed by atoms with Gasteiger partial charge in [0.15, 0.2) is 0 Å². The topological polar surface area (TPSA) is 58.6 Å². The molecule has 2 fully saturated rings. The summed E-state index contributed by atoms with van der Waals surface area (Å²) < 4.78 is 5.30. The van der Waals surface area contributed by atoms with Gasteiger partial charge in [0, 0.05) is 44.4 Å². The lowest BCUT2D eigenvalue weighted by Crippen LogP contribution is -2.42. The van der Waals surface area contributed by atoms with Gasteiger partial charge < -0.3 is 14.5 Å². The zero-order valence-electron chi connectivity index (χ0n) is 13.2. The average molecular weight is 304 g/mol. The third-order valence-corrected chi connectivity index (χ3v) is 4.55. The fourth-order valence-electron chi connectivity index (χ4n) is 3.17. The lowest BCUT2D eigenvalue weighted by Gasteiger charge is -2.34. The molecule has 1 amide bonds. The highest BCUT2D eigenvalue weighted by Gasteiger charge is 2.25.